The van der Waals surface area contributed by atoms with Crippen LogP contribution >= 0.6 is 0 Å². The molecule has 0 saturated carbocycles. The maximum absolute atomic E-state index is 13.2. The first-order chi connectivity index (χ1) is 16.1. The largest absolute Gasteiger partial charge is 0.416 e. The van der Waals surface area contributed by atoms with Crippen LogP contribution in [0.4, 0.5) is 18.9 Å². The van der Waals surface area contributed by atoms with Crippen LogP contribution in [-0.2, 0) is 21.2 Å². The van der Waals surface area contributed by atoms with Crippen molar-refractivity contribution in [2.24, 2.45) is 11.8 Å². The van der Waals surface area contributed by atoms with Crippen molar-refractivity contribution in [1.29, 1.82) is 0 Å². The van der Waals surface area contributed by atoms with Gasteiger partial charge in [-0.3, -0.25) is 4.79 Å². The number of benzene rings is 1. The zero-order valence-corrected chi connectivity index (χ0v) is 20.3. The maximum atomic E-state index is 13.2. The summed E-state index contributed by atoms with van der Waals surface area (Å²) in [5, 5.41) is 0. The highest BCUT2D eigenvalue weighted by Crippen LogP contribution is 2.32. The molecule has 1 aromatic carbocycles. The highest BCUT2D eigenvalue weighted by Gasteiger charge is 2.38. The lowest BCUT2D eigenvalue weighted by Gasteiger charge is -2.40. The molecule has 3 aliphatic heterocycles. The highest BCUT2D eigenvalue weighted by molar-refractivity contribution is 7.86. The summed E-state index contributed by atoms with van der Waals surface area (Å²) in [7, 11) is -3.57. The number of carbonyl (C=O) groups excluding carboxylic acids is 1. The molecule has 1 amide bonds. The van der Waals surface area contributed by atoms with Crippen LogP contribution in [0.15, 0.2) is 24.3 Å². The van der Waals surface area contributed by atoms with Crippen LogP contribution < -0.4 is 4.90 Å². The van der Waals surface area contributed by atoms with Crippen molar-refractivity contribution in [1.82, 2.24) is 13.5 Å². The summed E-state index contributed by atoms with van der Waals surface area (Å²) < 4.78 is 68.4. The number of hydrogen-bond acceptors (Lipinski definition) is 4. The molecule has 1 aromatic rings. The smallest absolute Gasteiger partial charge is 0.368 e. The Kier molecular flexibility index (Phi) is 7.44. The van der Waals surface area contributed by atoms with Crippen molar-refractivity contribution in [2.75, 3.05) is 57.3 Å². The Bertz CT molecular complexity index is 972. The zero-order valence-electron chi connectivity index (χ0n) is 19.5. The van der Waals surface area contributed by atoms with Crippen molar-refractivity contribution >= 4 is 21.8 Å². The topological polar surface area (TPSA) is 64.2 Å². The van der Waals surface area contributed by atoms with Gasteiger partial charge in [-0.05, 0) is 49.8 Å². The molecule has 1 atom stereocenters. The summed E-state index contributed by atoms with van der Waals surface area (Å²) in [6.07, 6.45) is -1.40. The van der Waals surface area contributed by atoms with E-state index in [1.807, 2.05) is 4.90 Å². The maximum Gasteiger partial charge on any atom is 0.416 e. The van der Waals surface area contributed by atoms with Gasteiger partial charge in [0, 0.05) is 58.0 Å². The molecule has 190 valence electrons. The molecule has 3 fully saturated rings. The van der Waals surface area contributed by atoms with Crippen LogP contribution in [0.25, 0.3) is 0 Å². The lowest BCUT2D eigenvalue weighted by Crippen LogP contribution is -2.55. The summed E-state index contributed by atoms with van der Waals surface area (Å²) in [6, 6.07) is 5.24. The van der Waals surface area contributed by atoms with E-state index >= 15 is 0 Å². The molecule has 0 aromatic heterocycles. The number of piperazine rings is 1. The molecule has 0 spiro atoms. The summed E-state index contributed by atoms with van der Waals surface area (Å²) in [5.74, 6) is 0.0833. The second kappa shape index (κ2) is 10.0. The molecular formula is C23H33F3N4O3S. The molecule has 0 unspecified atom stereocenters. The van der Waals surface area contributed by atoms with Crippen LogP contribution in [-0.4, -0.2) is 80.2 Å². The number of halogens is 3. The minimum absolute atomic E-state index is 0.0594. The van der Waals surface area contributed by atoms with Crippen LogP contribution in [0.3, 0.4) is 0 Å². The zero-order chi connectivity index (χ0) is 24.5. The number of anilines is 1. The van der Waals surface area contributed by atoms with Gasteiger partial charge in [-0.1, -0.05) is 13.0 Å². The van der Waals surface area contributed by atoms with Crippen molar-refractivity contribution in [2.45, 2.75) is 38.8 Å². The van der Waals surface area contributed by atoms with E-state index in [0.29, 0.717) is 70.3 Å². The van der Waals surface area contributed by atoms with Crippen LogP contribution in [0.2, 0.25) is 0 Å². The number of piperidine rings is 2. The number of carbonyl (C=O) groups is 1. The Morgan fingerprint density at radius 3 is 2.26 bits per heavy atom. The van der Waals surface area contributed by atoms with Gasteiger partial charge in [-0.25, -0.2) is 0 Å². The van der Waals surface area contributed by atoms with Crippen molar-refractivity contribution in [3.05, 3.63) is 29.8 Å². The Labute approximate surface area is 199 Å². The minimum atomic E-state index is -4.40. The summed E-state index contributed by atoms with van der Waals surface area (Å²) in [4.78, 5) is 16.8. The first kappa shape index (κ1) is 25.2. The Morgan fingerprint density at radius 2 is 1.62 bits per heavy atom. The second-order valence-electron chi connectivity index (χ2n) is 9.65. The molecule has 34 heavy (non-hydrogen) atoms. The van der Waals surface area contributed by atoms with Crippen LogP contribution in [0.1, 0.15) is 38.2 Å². The SMILES string of the molecule is CC1CCN(S(=O)(=O)N2CCC[C@H](C(=O)N3CCN(c4cccc(C(F)(F)F)c4)CC3)C2)CC1. The minimum Gasteiger partial charge on any atom is -0.368 e. The first-order valence-electron chi connectivity index (χ1n) is 12.0. The quantitative estimate of drug-likeness (QED) is 0.635. The summed E-state index contributed by atoms with van der Waals surface area (Å²) >= 11 is 0. The average Bonchev–Trinajstić information content (AvgIpc) is 2.83. The molecule has 0 radical (unpaired) electrons. The summed E-state index contributed by atoms with van der Waals surface area (Å²) in [5.41, 5.74) is -0.192. The molecule has 3 aliphatic rings. The number of hydrogen-bond donors (Lipinski definition) is 0. The third-order valence-electron chi connectivity index (χ3n) is 7.26. The van der Waals surface area contributed by atoms with E-state index in [0.717, 1.165) is 25.0 Å². The third kappa shape index (κ3) is 5.52. The fourth-order valence-corrected chi connectivity index (χ4v) is 6.78. The van der Waals surface area contributed by atoms with Gasteiger partial charge in [0.1, 0.15) is 0 Å². The lowest BCUT2D eigenvalue weighted by molar-refractivity contribution is -0.137. The van der Waals surface area contributed by atoms with Crippen LogP contribution in [0, 0.1) is 11.8 Å². The Balaban J connectivity index is 1.34. The molecule has 3 saturated heterocycles. The van der Waals surface area contributed by atoms with Crippen molar-refractivity contribution in [3.8, 4) is 0 Å². The van der Waals surface area contributed by atoms with E-state index in [1.165, 1.54) is 10.4 Å². The molecular weight excluding hydrogens is 469 g/mol. The van der Waals surface area contributed by atoms with E-state index in [4.69, 9.17) is 0 Å². The Hall–Kier alpha value is -1.85. The fraction of sp³-hybridized carbons (Fsp3) is 0.696. The molecule has 0 aliphatic carbocycles. The molecule has 3 heterocycles. The van der Waals surface area contributed by atoms with Gasteiger partial charge >= 0.3 is 6.18 Å². The normalized spacial score (nSPS) is 24.4. The average molecular weight is 503 g/mol. The summed E-state index contributed by atoms with van der Waals surface area (Å²) in [6.45, 7) is 5.49. The molecule has 11 heteroatoms. The number of amides is 1. The van der Waals surface area contributed by atoms with Gasteiger partial charge < -0.3 is 9.80 Å². The monoisotopic (exact) mass is 502 g/mol. The Morgan fingerprint density at radius 1 is 0.941 bits per heavy atom. The van der Waals surface area contributed by atoms with E-state index in [2.05, 4.69) is 6.92 Å². The number of alkyl halides is 3. The molecule has 0 bridgehead atoms. The molecule has 0 N–H and O–H groups in total. The van der Waals surface area contributed by atoms with Gasteiger partial charge in [0.05, 0.1) is 11.5 Å². The van der Waals surface area contributed by atoms with E-state index in [-0.39, 0.29) is 18.4 Å². The van der Waals surface area contributed by atoms with Gasteiger partial charge in [0.2, 0.25) is 5.91 Å². The molecule has 7 nitrogen and oxygen atoms in total. The van der Waals surface area contributed by atoms with Gasteiger partial charge in [0.15, 0.2) is 0 Å². The van der Waals surface area contributed by atoms with Gasteiger partial charge in [0.25, 0.3) is 10.2 Å². The lowest BCUT2D eigenvalue weighted by atomic mass is 9.97. The van der Waals surface area contributed by atoms with E-state index < -0.39 is 21.9 Å². The van der Waals surface area contributed by atoms with Crippen molar-refractivity contribution < 1.29 is 26.4 Å². The predicted molar refractivity (Wildman–Crippen MR) is 123 cm³/mol. The highest BCUT2D eigenvalue weighted by atomic mass is 32.2. The van der Waals surface area contributed by atoms with Crippen molar-refractivity contribution in [3.63, 3.8) is 0 Å². The second-order valence-corrected chi connectivity index (χ2v) is 11.6. The number of rotatable bonds is 4. The standard InChI is InChI=1S/C23H33F3N4O3S/c1-18-7-10-29(11-8-18)34(32,33)30-9-3-4-19(17-30)22(31)28-14-12-27(13-15-28)21-6-2-5-20(16-21)23(24,25)26/h2,5-6,16,18-19H,3-4,7-15,17H2,1H3/t19-/m0/s1. The van der Waals surface area contributed by atoms with Crippen LogP contribution in [0.5, 0.6) is 0 Å². The van der Waals surface area contributed by atoms with Gasteiger partial charge in [-0.2, -0.15) is 30.2 Å². The van der Waals surface area contributed by atoms with E-state index in [1.54, 1.807) is 15.3 Å². The fourth-order valence-electron chi connectivity index (χ4n) is 5.05. The third-order valence-corrected chi connectivity index (χ3v) is 9.26. The van der Waals surface area contributed by atoms with E-state index in [9.17, 15) is 26.4 Å². The molecule has 4 rings (SSSR count). The van der Waals surface area contributed by atoms with Gasteiger partial charge in [-0.15, -0.1) is 0 Å². The number of nitrogens with zero attached hydrogens (tertiary/aromatic N) is 4. The predicted octanol–water partition coefficient (Wildman–Crippen LogP) is 3.04. The first-order valence-corrected chi connectivity index (χ1v) is 13.4.